The fraction of sp³-hybridized carbons (Fsp3) is 1.00. The van der Waals surface area contributed by atoms with Gasteiger partial charge >= 0.3 is 0 Å². The second kappa shape index (κ2) is 10.3. The summed E-state index contributed by atoms with van der Waals surface area (Å²) >= 11 is 1.84. The van der Waals surface area contributed by atoms with Crippen LogP contribution in [0.5, 0.6) is 0 Å². The van der Waals surface area contributed by atoms with Crippen molar-refractivity contribution in [3.63, 3.8) is 0 Å². The Bertz CT molecular complexity index is 299. The Morgan fingerprint density at radius 3 is 2.50 bits per heavy atom. The summed E-state index contributed by atoms with van der Waals surface area (Å²) < 4.78 is 31.9. The van der Waals surface area contributed by atoms with Crippen LogP contribution in [0, 0.1) is 0 Å². The van der Waals surface area contributed by atoms with Crippen molar-refractivity contribution in [2.45, 2.75) is 25.8 Å². The van der Waals surface area contributed by atoms with Crippen molar-refractivity contribution < 1.29 is 20.8 Å². The molecule has 0 bridgehead atoms. The number of nitrogens with zero attached hydrogens (tertiary/aromatic N) is 1. The number of aliphatic hydroxyl groups excluding tert-OH is 1. The summed E-state index contributed by atoms with van der Waals surface area (Å²) in [5.74, 6) is -0.00699. The Morgan fingerprint density at radius 1 is 1.39 bits per heavy atom. The van der Waals surface area contributed by atoms with Gasteiger partial charge in [0.2, 0.25) is 0 Å². The molecule has 18 heavy (non-hydrogen) atoms. The van der Waals surface area contributed by atoms with E-state index in [1.165, 1.54) is 7.11 Å². The summed E-state index contributed by atoms with van der Waals surface area (Å²) in [6.45, 7) is 3.77. The van der Waals surface area contributed by atoms with Crippen LogP contribution in [0.1, 0.15) is 19.8 Å². The lowest BCUT2D eigenvalue weighted by Gasteiger charge is -2.29. The highest BCUT2D eigenvalue weighted by Gasteiger charge is 2.17. The van der Waals surface area contributed by atoms with Gasteiger partial charge in [-0.05, 0) is 19.4 Å². The first-order valence-electron chi connectivity index (χ1n) is 5.87. The molecule has 0 radical (unpaired) electrons. The fourth-order valence-corrected chi connectivity index (χ4v) is 2.75. The van der Waals surface area contributed by atoms with Crippen LogP contribution in [0.25, 0.3) is 0 Å². The minimum atomic E-state index is -3.40. The minimum Gasteiger partial charge on any atom is -0.395 e. The van der Waals surface area contributed by atoms with E-state index in [4.69, 9.17) is 8.17 Å². The number of aliphatic hydroxyl groups is 1. The zero-order valence-corrected chi connectivity index (χ0v) is 13.8. The predicted molar refractivity (Wildman–Crippen MR) is 78.1 cm³/mol. The Labute approximate surface area is 123 Å². The lowest BCUT2D eigenvalue weighted by atomic mass is 10.2. The van der Waals surface area contributed by atoms with Crippen LogP contribution in [0.4, 0.5) is 0 Å². The highest BCUT2D eigenvalue weighted by Crippen LogP contribution is 2.08. The number of halogens is 1. The topological polar surface area (TPSA) is 76.1 Å². The molecular weight excluding hydrogens is 373 g/mol. The first-order chi connectivity index (χ1) is 8.50. The van der Waals surface area contributed by atoms with E-state index in [1.807, 2.05) is 34.8 Å². The van der Waals surface area contributed by atoms with E-state index in [0.717, 1.165) is 6.42 Å². The summed E-state index contributed by atoms with van der Waals surface area (Å²) in [5.41, 5.74) is 0. The highest BCUT2D eigenvalue weighted by molar-refractivity contribution is 14.1. The Morgan fingerprint density at radius 2 is 2.06 bits per heavy atom. The molecule has 0 aliphatic heterocycles. The predicted octanol–water partition coefficient (Wildman–Crippen LogP) is 0.792. The van der Waals surface area contributed by atoms with Gasteiger partial charge in [0.1, 0.15) is 23.0 Å². The van der Waals surface area contributed by atoms with Crippen LogP contribution in [0.3, 0.4) is 0 Å². The van der Waals surface area contributed by atoms with E-state index >= 15 is 0 Å². The van der Waals surface area contributed by atoms with Gasteiger partial charge < -0.3 is 8.17 Å². The third kappa shape index (κ3) is 7.85. The first-order valence-corrected chi connectivity index (χ1v) is 8.33. The second-order valence-corrected chi connectivity index (χ2v) is 6.36. The highest BCUT2D eigenvalue weighted by atomic mass is 127. The molecule has 0 fully saturated rings. The third-order valence-corrected chi connectivity index (χ3v) is 4.38. The summed E-state index contributed by atoms with van der Waals surface area (Å²) in [6, 6.07) is 0.194. The molecule has 6 nitrogen and oxygen atoms in total. The summed E-state index contributed by atoms with van der Waals surface area (Å²) in [4.78, 5) is 2.05. The summed E-state index contributed by atoms with van der Waals surface area (Å²) in [5, 5.41) is 9.03. The molecule has 0 aromatic carbocycles. The van der Waals surface area contributed by atoms with Gasteiger partial charge in [-0.3, -0.25) is 9.08 Å². The maximum Gasteiger partial charge on any atom is 0.267 e. The molecule has 0 amide bonds. The molecule has 0 rings (SSSR count). The maximum absolute atomic E-state index is 11.2. The monoisotopic (exact) mass is 395 g/mol. The molecule has 0 aliphatic rings. The molecule has 1 unspecified atom stereocenters. The Kier molecular flexibility index (Phi) is 10.6. The van der Waals surface area contributed by atoms with E-state index in [2.05, 4.69) is 4.18 Å². The van der Waals surface area contributed by atoms with Crippen LogP contribution < -0.4 is 0 Å². The van der Waals surface area contributed by atoms with Crippen LogP contribution in [-0.4, -0.2) is 63.6 Å². The average molecular weight is 395 g/mol. The van der Waals surface area contributed by atoms with Crippen LogP contribution in [0.15, 0.2) is 0 Å². The molecule has 1 atom stereocenters. The van der Waals surface area contributed by atoms with Gasteiger partial charge in [-0.25, -0.2) is 0 Å². The zero-order chi connectivity index (χ0) is 14.0. The van der Waals surface area contributed by atoms with Crippen LogP contribution in [-0.2, 0) is 17.4 Å². The molecule has 0 saturated heterocycles. The fourth-order valence-electron chi connectivity index (χ4n) is 1.69. The van der Waals surface area contributed by atoms with Crippen molar-refractivity contribution in [2.24, 2.45) is 0 Å². The van der Waals surface area contributed by atoms with Crippen LogP contribution >= 0.6 is 23.0 Å². The third-order valence-electron chi connectivity index (χ3n) is 2.72. The lowest BCUT2D eigenvalue weighted by Crippen LogP contribution is -2.40. The number of rotatable bonds is 11. The van der Waals surface area contributed by atoms with E-state index in [-0.39, 0.29) is 18.4 Å². The standard InChI is InChI=1S/C10H22INO5S/c1-3-10(9-17-11)12(6-7-13)5-4-8-18(14,15)16-2/h10,13H,3-9H2,1-2H3. The van der Waals surface area contributed by atoms with Crippen molar-refractivity contribution in [3.05, 3.63) is 0 Å². The molecule has 8 heteroatoms. The molecule has 0 aromatic rings. The van der Waals surface area contributed by atoms with E-state index < -0.39 is 10.1 Å². The molecule has 0 saturated carbocycles. The molecular formula is C10H22INO5S. The largest absolute Gasteiger partial charge is 0.395 e. The molecule has 0 spiro atoms. The van der Waals surface area contributed by atoms with Gasteiger partial charge in [-0.1, -0.05) is 6.92 Å². The van der Waals surface area contributed by atoms with Gasteiger partial charge in [0.25, 0.3) is 10.1 Å². The molecule has 0 aliphatic carbocycles. The quantitative estimate of drug-likeness (QED) is 0.412. The van der Waals surface area contributed by atoms with Gasteiger partial charge in [0.15, 0.2) is 0 Å². The molecule has 0 aromatic heterocycles. The van der Waals surface area contributed by atoms with E-state index in [1.54, 1.807) is 0 Å². The SMILES string of the molecule is CCC(COI)N(CCO)CCCS(=O)(=O)OC. The zero-order valence-electron chi connectivity index (χ0n) is 10.8. The van der Waals surface area contributed by atoms with Crippen molar-refractivity contribution in [3.8, 4) is 0 Å². The summed E-state index contributed by atoms with van der Waals surface area (Å²) in [7, 11) is -2.23. The molecule has 110 valence electrons. The lowest BCUT2D eigenvalue weighted by molar-refractivity contribution is 0.121. The molecule has 0 heterocycles. The molecule has 1 N–H and O–H groups in total. The van der Waals surface area contributed by atoms with Gasteiger partial charge in [0.05, 0.1) is 26.1 Å². The van der Waals surface area contributed by atoms with Gasteiger partial charge in [-0.2, -0.15) is 8.42 Å². The number of hydrogen-bond acceptors (Lipinski definition) is 6. The van der Waals surface area contributed by atoms with Crippen molar-refractivity contribution in [1.29, 1.82) is 0 Å². The minimum absolute atomic E-state index is 0.00699. The van der Waals surface area contributed by atoms with Crippen molar-refractivity contribution in [2.75, 3.05) is 39.2 Å². The summed E-state index contributed by atoms with van der Waals surface area (Å²) in [6.07, 6.45) is 1.37. The van der Waals surface area contributed by atoms with Gasteiger partial charge in [-0.15, -0.1) is 0 Å². The first kappa shape index (κ1) is 18.5. The van der Waals surface area contributed by atoms with E-state index in [0.29, 0.717) is 26.1 Å². The van der Waals surface area contributed by atoms with Gasteiger partial charge in [0, 0.05) is 12.6 Å². The normalized spacial score (nSPS) is 14.1. The Balaban J connectivity index is 4.26. The van der Waals surface area contributed by atoms with Crippen molar-refractivity contribution in [1.82, 2.24) is 4.90 Å². The number of hydrogen-bond donors (Lipinski definition) is 1. The van der Waals surface area contributed by atoms with Crippen molar-refractivity contribution >= 4 is 33.1 Å². The average Bonchev–Trinajstić information content (AvgIpc) is 2.35. The maximum atomic E-state index is 11.2. The van der Waals surface area contributed by atoms with E-state index in [9.17, 15) is 8.42 Å². The smallest absolute Gasteiger partial charge is 0.267 e. The Hall–Kier alpha value is 0.520. The van der Waals surface area contributed by atoms with Crippen LogP contribution in [0.2, 0.25) is 0 Å². The second-order valence-electron chi connectivity index (χ2n) is 3.88.